The lowest BCUT2D eigenvalue weighted by atomic mass is 10.1. The van der Waals surface area contributed by atoms with Crippen LogP contribution in [0.3, 0.4) is 0 Å². The standard InChI is InChI=1S/C12H13Br2F/c1-9(4-3-7-13)8-10-5-2-6-11(15)12(10)14/h2,4-6H,3,7-8H2,1H3/b9-4-. The van der Waals surface area contributed by atoms with Gasteiger partial charge in [-0.15, -0.1) is 0 Å². The molecule has 0 bridgehead atoms. The first kappa shape index (κ1) is 12.9. The summed E-state index contributed by atoms with van der Waals surface area (Å²) in [7, 11) is 0. The van der Waals surface area contributed by atoms with E-state index in [0.717, 1.165) is 23.7 Å². The summed E-state index contributed by atoms with van der Waals surface area (Å²) in [5.74, 6) is -0.194. The van der Waals surface area contributed by atoms with Gasteiger partial charge in [-0.05, 0) is 47.3 Å². The minimum Gasteiger partial charge on any atom is -0.206 e. The summed E-state index contributed by atoms with van der Waals surface area (Å²) in [6, 6.07) is 5.15. The second-order valence-electron chi connectivity index (χ2n) is 3.42. The Bertz CT molecular complexity index is 359. The summed E-state index contributed by atoms with van der Waals surface area (Å²) in [4.78, 5) is 0. The number of hydrogen-bond acceptors (Lipinski definition) is 0. The highest BCUT2D eigenvalue weighted by Gasteiger charge is 2.04. The molecule has 82 valence electrons. The molecule has 0 atom stereocenters. The molecule has 0 N–H and O–H groups in total. The second-order valence-corrected chi connectivity index (χ2v) is 5.00. The quantitative estimate of drug-likeness (QED) is 0.544. The van der Waals surface area contributed by atoms with Crippen molar-refractivity contribution in [3.05, 3.63) is 45.7 Å². The van der Waals surface area contributed by atoms with E-state index < -0.39 is 0 Å². The Labute approximate surface area is 107 Å². The van der Waals surface area contributed by atoms with Crippen LogP contribution in [0.25, 0.3) is 0 Å². The van der Waals surface area contributed by atoms with Gasteiger partial charge in [0.2, 0.25) is 0 Å². The number of rotatable bonds is 4. The highest BCUT2D eigenvalue weighted by atomic mass is 79.9. The molecule has 0 aliphatic heterocycles. The lowest BCUT2D eigenvalue weighted by molar-refractivity contribution is 0.618. The highest BCUT2D eigenvalue weighted by Crippen LogP contribution is 2.22. The molecule has 0 aliphatic rings. The maximum atomic E-state index is 13.2. The average molecular weight is 336 g/mol. The van der Waals surface area contributed by atoms with E-state index in [9.17, 15) is 4.39 Å². The van der Waals surface area contributed by atoms with Crippen LogP contribution in [0.1, 0.15) is 18.9 Å². The van der Waals surface area contributed by atoms with Crippen LogP contribution in [0.15, 0.2) is 34.3 Å². The summed E-state index contributed by atoms with van der Waals surface area (Å²) in [6.45, 7) is 2.07. The molecule has 0 spiro atoms. The summed E-state index contributed by atoms with van der Waals surface area (Å²) in [5.41, 5.74) is 2.26. The van der Waals surface area contributed by atoms with Crippen LogP contribution in [0.2, 0.25) is 0 Å². The van der Waals surface area contributed by atoms with Crippen molar-refractivity contribution in [2.75, 3.05) is 5.33 Å². The monoisotopic (exact) mass is 334 g/mol. The fourth-order valence-corrected chi connectivity index (χ4v) is 1.99. The van der Waals surface area contributed by atoms with Crippen molar-refractivity contribution in [3.63, 3.8) is 0 Å². The van der Waals surface area contributed by atoms with E-state index in [1.807, 2.05) is 6.07 Å². The third-order valence-corrected chi connectivity index (χ3v) is 3.45. The fourth-order valence-electron chi connectivity index (χ4n) is 1.36. The van der Waals surface area contributed by atoms with Crippen LogP contribution < -0.4 is 0 Å². The van der Waals surface area contributed by atoms with Crippen molar-refractivity contribution in [2.24, 2.45) is 0 Å². The SMILES string of the molecule is C/C(=C/CCBr)Cc1cccc(F)c1Br. The fraction of sp³-hybridized carbons (Fsp3) is 0.333. The van der Waals surface area contributed by atoms with Crippen LogP contribution in [-0.4, -0.2) is 5.33 Å². The Morgan fingerprint density at radius 1 is 1.47 bits per heavy atom. The minimum atomic E-state index is -0.194. The molecule has 0 nitrogen and oxygen atoms in total. The first-order valence-corrected chi connectivity index (χ1v) is 6.71. The van der Waals surface area contributed by atoms with Crippen molar-refractivity contribution in [1.29, 1.82) is 0 Å². The zero-order valence-electron chi connectivity index (χ0n) is 8.56. The Kier molecular flexibility index (Phi) is 5.54. The molecular weight excluding hydrogens is 323 g/mol. The molecule has 0 unspecified atom stereocenters. The van der Waals surface area contributed by atoms with Gasteiger partial charge in [-0.3, -0.25) is 0 Å². The molecule has 1 aromatic carbocycles. The first-order valence-electron chi connectivity index (χ1n) is 4.79. The van der Waals surface area contributed by atoms with Gasteiger partial charge >= 0.3 is 0 Å². The van der Waals surface area contributed by atoms with E-state index in [1.165, 1.54) is 11.6 Å². The molecule has 0 amide bonds. The van der Waals surface area contributed by atoms with Gasteiger partial charge in [-0.1, -0.05) is 39.7 Å². The predicted molar refractivity (Wildman–Crippen MR) is 70.0 cm³/mol. The van der Waals surface area contributed by atoms with Gasteiger partial charge in [0, 0.05) is 5.33 Å². The Morgan fingerprint density at radius 2 is 2.20 bits per heavy atom. The third-order valence-electron chi connectivity index (χ3n) is 2.10. The van der Waals surface area contributed by atoms with E-state index in [1.54, 1.807) is 6.07 Å². The zero-order chi connectivity index (χ0) is 11.3. The molecule has 0 saturated carbocycles. The molecule has 0 radical (unpaired) electrons. The first-order chi connectivity index (χ1) is 7.15. The molecule has 0 aromatic heterocycles. The van der Waals surface area contributed by atoms with E-state index in [4.69, 9.17) is 0 Å². The molecule has 0 saturated heterocycles. The van der Waals surface area contributed by atoms with E-state index in [0.29, 0.717) is 4.47 Å². The smallest absolute Gasteiger partial charge is 0.137 e. The van der Waals surface area contributed by atoms with Gasteiger partial charge in [0.25, 0.3) is 0 Å². The van der Waals surface area contributed by atoms with E-state index in [2.05, 4.69) is 44.9 Å². The van der Waals surface area contributed by atoms with Crippen molar-refractivity contribution >= 4 is 31.9 Å². The summed E-state index contributed by atoms with van der Waals surface area (Å²) >= 11 is 6.64. The van der Waals surface area contributed by atoms with Crippen molar-refractivity contribution in [3.8, 4) is 0 Å². The molecule has 1 aromatic rings. The zero-order valence-corrected chi connectivity index (χ0v) is 11.7. The van der Waals surface area contributed by atoms with Gasteiger partial charge in [-0.2, -0.15) is 0 Å². The molecule has 0 aliphatic carbocycles. The number of hydrogen-bond donors (Lipinski definition) is 0. The van der Waals surface area contributed by atoms with Gasteiger partial charge in [0.05, 0.1) is 4.47 Å². The topological polar surface area (TPSA) is 0 Å². The average Bonchev–Trinajstić information content (AvgIpc) is 2.22. The van der Waals surface area contributed by atoms with Gasteiger partial charge in [0.1, 0.15) is 5.82 Å². The summed E-state index contributed by atoms with van der Waals surface area (Å²) < 4.78 is 13.8. The summed E-state index contributed by atoms with van der Waals surface area (Å²) in [6.07, 6.45) is 3.98. The largest absolute Gasteiger partial charge is 0.206 e. The maximum Gasteiger partial charge on any atom is 0.137 e. The Hall–Kier alpha value is -0.150. The minimum absolute atomic E-state index is 0.194. The van der Waals surface area contributed by atoms with E-state index in [-0.39, 0.29) is 5.82 Å². The molecule has 3 heteroatoms. The van der Waals surface area contributed by atoms with Crippen LogP contribution in [0.5, 0.6) is 0 Å². The molecule has 0 heterocycles. The normalized spacial score (nSPS) is 11.9. The number of alkyl halides is 1. The molecular formula is C12H13Br2F. The van der Waals surface area contributed by atoms with Crippen molar-refractivity contribution in [2.45, 2.75) is 19.8 Å². The summed E-state index contributed by atoms with van der Waals surface area (Å²) in [5, 5.41) is 0.967. The number of allylic oxidation sites excluding steroid dienone is 2. The molecule has 0 fully saturated rings. The number of halogens is 3. The van der Waals surface area contributed by atoms with E-state index >= 15 is 0 Å². The Morgan fingerprint density at radius 3 is 2.87 bits per heavy atom. The highest BCUT2D eigenvalue weighted by molar-refractivity contribution is 9.10. The van der Waals surface area contributed by atoms with Crippen LogP contribution in [-0.2, 0) is 6.42 Å². The van der Waals surface area contributed by atoms with Crippen LogP contribution >= 0.6 is 31.9 Å². The lowest BCUT2D eigenvalue weighted by Gasteiger charge is -2.05. The van der Waals surface area contributed by atoms with Gasteiger partial charge < -0.3 is 0 Å². The number of benzene rings is 1. The maximum absolute atomic E-state index is 13.2. The lowest BCUT2D eigenvalue weighted by Crippen LogP contribution is -1.91. The Balaban J connectivity index is 2.76. The third kappa shape index (κ3) is 4.07. The predicted octanol–water partition coefficient (Wildman–Crippen LogP) is 4.86. The van der Waals surface area contributed by atoms with Gasteiger partial charge in [-0.25, -0.2) is 4.39 Å². The van der Waals surface area contributed by atoms with Gasteiger partial charge in [0.15, 0.2) is 0 Å². The van der Waals surface area contributed by atoms with Crippen molar-refractivity contribution < 1.29 is 4.39 Å². The van der Waals surface area contributed by atoms with Crippen LogP contribution in [0, 0.1) is 5.82 Å². The van der Waals surface area contributed by atoms with Crippen molar-refractivity contribution in [1.82, 2.24) is 0 Å². The van der Waals surface area contributed by atoms with Crippen LogP contribution in [0.4, 0.5) is 4.39 Å². The molecule has 15 heavy (non-hydrogen) atoms. The second kappa shape index (κ2) is 6.44. The molecule has 1 rings (SSSR count).